The molecule has 11 heteroatoms. The summed E-state index contributed by atoms with van der Waals surface area (Å²) in [5.74, 6) is -3.87. The summed E-state index contributed by atoms with van der Waals surface area (Å²) in [4.78, 5) is 39.9. The van der Waals surface area contributed by atoms with E-state index in [1.165, 1.54) is 18.2 Å². The first-order chi connectivity index (χ1) is 18.0. The number of primary amides is 1. The van der Waals surface area contributed by atoms with Crippen LogP contribution in [0.15, 0.2) is 36.4 Å². The number of halogens is 2. The van der Waals surface area contributed by atoms with E-state index in [0.717, 1.165) is 12.1 Å². The Labute approximate surface area is 219 Å². The standard InChI is InChI=1S/C27H32F2N4O5/c1-3-7-33(8-4-2)27(38)19-13-17(25(31)36)12-18(14-19)26(37)32-22(24(35)23(34)5-6-30)11-16-9-20(28)15-21(29)10-16/h9-10,12-15,22-24,34-35H,3-5,7-8,11H2,1-2H3,(H2,31,36)(H,32,37). The maximum Gasteiger partial charge on any atom is 0.253 e. The largest absolute Gasteiger partial charge is 0.389 e. The molecule has 9 nitrogen and oxygen atoms in total. The first-order valence-electron chi connectivity index (χ1n) is 12.2. The number of aliphatic hydroxyl groups is 2. The Bertz CT molecular complexity index is 1170. The van der Waals surface area contributed by atoms with Gasteiger partial charge in [0.2, 0.25) is 5.91 Å². The van der Waals surface area contributed by atoms with E-state index >= 15 is 0 Å². The fraction of sp³-hybridized carbons (Fsp3) is 0.407. The van der Waals surface area contributed by atoms with Crippen LogP contribution >= 0.6 is 0 Å². The molecule has 3 amide bonds. The van der Waals surface area contributed by atoms with Crippen LogP contribution in [0.4, 0.5) is 8.78 Å². The van der Waals surface area contributed by atoms with Gasteiger partial charge in [0.05, 0.1) is 24.6 Å². The molecule has 2 aromatic rings. The monoisotopic (exact) mass is 530 g/mol. The topological polar surface area (TPSA) is 157 Å². The molecule has 0 aliphatic carbocycles. The number of nitrogens with zero attached hydrogens (tertiary/aromatic N) is 2. The number of hydrogen-bond acceptors (Lipinski definition) is 6. The van der Waals surface area contributed by atoms with Crippen molar-refractivity contribution in [2.75, 3.05) is 13.1 Å². The zero-order chi connectivity index (χ0) is 28.4. The predicted molar refractivity (Wildman–Crippen MR) is 135 cm³/mol. The highest BCUT2D eigenvalue weighted by Gasteiger charge is 2.29. The summed E-state index contributed by atoms with van der Waals surface area (Å²) in [5.41, 5.74) is 5.34. The lowest BCUT2D eigenvalue weighted by molar-refractivity contribution is -0.000357. The number of nitrogens with two attached hydrogens (primary N) is 1. The Kier molecular flexibility index (Phi) is 11.3. The Hall–Kier alpha value is -3.88. The van der Waals surface area contributed by atoms with Gasteiger partial charge < -0.3 is 26.2 Å². The molecule has 0 heterocycles. The summed E-state index contributed by atoms with van der Waals surface area (Å²) in [6, 6.07) is 6.83. The molecule has 0 spiro atoms. The maximum absolute atomic E-state index is 13.7. The number of hydrogen-bond donors (Lipinski definition) is 4. The number of aliphatic hydroxyl groups excluding tert-OH is 2. The van der Waals surface area contributed by atoms with Crippen molar-refractivity contribution < 1.29 is 33.4 Å². The van der Waals surface area contributed by atoms with Crippen LogP contribution in [0.5, 0.6) is 0 Å². The number of nitrogens with one attached hydrogen (secondary N) is 1. The molecule has 0 bridgehead atoms. The van der Waals surface area contributed by atoms with E-state index in [1.807, 2.05) is 13.8 Å². The smallest absolute Gasteiger partial charge is 0.253 e. The van der Waals surface area contributed by atoms with Gasteiger partial charge >= 0.3 is 0 Å². The van der Waals surface area contributed by atoms with Crippen molar-refractivity contribution in [3.8, 4) is 6.07 Å². The molecule has 5 N–H and O–H groups in total. The van der Waals surface area contributed by atoms with E-state index in [4.69, 9.17) is 11.0 Å². The number of benzene rings is 2. The van der Waals surface area contributed by atoms with Crippen LogP contribution in [-0.4, -0.2) is 64.2 Å². The second-order valence-electron chi connectivity index (χ2n) is 8.94. The molecule has 38 heavy (non-hydrogen) atoms. The maximum atomic E-state index is 13.7. The number of rotatable bonds is 13. The summed E-state index contributed by atoms with van der Waals surface area (Å²) in [5, 5.41) is 32.2. The molecule has 3 atom stereocenters. The Morgan fingerprint density at radius 3 is 2.05 bits per heavy atom. The van der Waals surface area contributed by atoms with Crippen molar-refractivity contribution in [1.82, 2.24) is 10.2 Å². The molecule has 3 unspecified atom stereocenters. The third kappa shape index (κ3) is 8.33. The summed E-state index contributed by atoms with van der Waals surface area (Å²) >= 11 is 0. The van der Waals surface area contributed by atoms with Crippen LogP contribution < -0.4 is 11.1 Å². The van der Waals surface area contributed by atoms with Gasteiger partial charge in [0.25, 0.3) is 11.8 Å². The third-order valence-electron chi connectivity index (χ3n) is 5.80. The van der Waals surface area contributed by atoms with Crippen molar-refractivity contribution in [3.63, 3.8) is 0 Å². The molecule has 0 aromatic heterocycles. The molecule has 0 aliphatic rings. The van der Waals surface area contributed by atoms with Crippen LogP contribution in [-0.2, 0) is 6.42 Å². The van der Waals surface area contributed by atoms with Crippen LogP contribution in [0.2, 0.25) is 0 Å². The summed E-state index contributed by atoms with van der Waals surface area (Å²) in [6.45, 7) is 4.74. The Balaban J connectivity index is 2.45. The summed E-state index contributed by atoms with van der Waals surface area (Å²) in [7, 11) is 0. The molecule has 0 fully saturated rings. The number of carbonyl (C=O) groups is 3. The molecule has 0 aliphatic heterocycles. The third-order valence-corrected chi connectivity index (χ3v) is 5.80. The van der Waals surface area contributed by atoms with Gasteiger partial charge in [0.1, 0.15) is 17.7 Å². The van der Waals surface area contributed by atoms with Gasteiger partial charge in [0, 0.05) is 35.8 Å². The first kappa shape index (κ1) is 30.3. The summed E-state index contributed by atoms with van der Waals surface area (Å²) in [6.07, 6.45) is -2.64. The molecule has 2 aromatic carbocycles. The average Bonchev–Trinajstić information content (AvgIpc) is 2.86. The molecular weight excluding hydrogens is 498 g/mol. The zero-order valence-electron chi connectivity index (χ0n) is 21.3. The van der Waals surface area contributed by atoms with Gasteiger partial charge in [0.15, 0.2) is 0 Å². The van der Waals surface area contributed by atoms with E-state index < -0.39 is 54.0 Å². The number of nitriles is 1. The molecule has 0 saturated heterocycles. The zero-order valence-corrected chi connectivity index (χ0v) is 21.3. The lowest BCUT2D eigenvalue weighted by Gasteiger charge is -2.27. The van der Waals surface area contributed by atoms with Crippen molar-refractivity contribution in [2.45, 2.75) is 57.8 Å². The fourth-order valence-electron chi connectivity index (χ4n) is 4.04. The van der Waals surface area contributed by atoms with Crippen molar-refractivity contribution in [3.05, 3.63) is 70.3 Å². The predicted octanol–water partition coefficient (Wildman–Crippen LogP) is 2.30. The van der Waals surface area contributed by atoms with E-state index in [2.05, 4.69) is 5.32 Å². The quantitative estimate of drug-likeness (QED) is 0.311. The average molecular weight is 531 g/mol. The van der Waals surface area contributed by atoms with Crippen LogP contribution in [0.3, 0.4) is 0 Å². The second kappa shape index (κ2) is 14.2. The van der Waals surface area contributed by atoms with Crippen LogP contribution in [0, 0.1) is 23.0 Å². The SMILES string of the molecule is CCCN(CCC)C(=O)c1cc(C(N)=O)cc(C(=O)NC(Cc2cc(F)cc(F)c2)C(O)C(O)CC#N)c1. The normalized spacial score (nSPS) is 13.2. The lowest BCUT2D eigenvalue weighted by atomic mass is 9.95. The van der Waals surface area contributed by atoms with Gasteiger partial charge in [-0.05, 0) is 55.2 Å². The lowest BCUT2D eigenvalue weighted by Crippen LogP contribution is -2.49. The second-order valence-corrected chi connectivity index (χ2v) is 8.94. The van der Waals surface area contributed by atoms with Crippen molar-refractivity contribution in [2.24, 2.45) is 5.73 Å². The minimum absolute atomic E-state index is 0.0576. The summed E-state index contributed by atoms with van der Waals surface area (Å²) < 4.78 is 27.5. The fourth-order valence-corrected chi connectivity index (χ4v) is 4.04. The Morgan fingerprint density at radius 1 is 0.974 bits per heavy atom. The number of carbonyl (C=O) groups excluding carboxylic acids is 3. The highest BCUT2D eigenvalue weighted by Crippen LogP contribution is 2.17. The van der Waals surface area contributed by atoms with E-state index in [1.54, 1.807) is 11.0 Å². The first-order valence-corrected chi connectivity index (χ1v) is 12.2. The molecular formula is C27H32F2N4O5. The van der Waals surface area contributed by atoms with E-state index in [0.29, 0.717) is 32.0 Å². The van der Waals surface area contributed by atoms with Crippen molar-refractivity contribution in [1.29, 1.82) is 5.26 Å². The highest BCUT2D eigenvalue weighted by atomic mass is 19.1. The van der Waals surface area contributed by atoms with Gasteiger partial charge in [-0.2, -0.15) is 5.26 Å². The molecule has 0 saturated carbocycles. The van der Waals surface area contributed by atoms with Crippen LogP contribution in [0.1, 0.15) is 69.7 Å². The molecule has 204 valence electrons. The van der Waals surface area contributed by atoms with Gasteiger partial charge in [-0.1, -0.05) is 13.8 Å². The minimum Gasteiger partial charge on any atom is -0.389 e. The number of amides is 3. The minimum atomic E-state index is -1.69. The highest BCUT2D eigenvalue weighted by molar-refractivity contribution is 6.04. The Morgan fingerprint density at radius 2 is 1.53 bits per heavy atom. The van der Waals surface area contributed by atoms with Crippen LogP contribution in [0.25, 0.3) is 0 Å². The van der Waals surface area contributed by atoms with Gasteiger partial charge in [-0.25, -0.2) is 8.78 Å². The van der Waals surface area contributed by atoms with Gasteiger partial charge in [-0.15, -0.1) is 0 Å². The molecule has 2 rings (SSSR count). The van der Waals surface area contributed by atoms with Gasteiger partial charge in [-0.3, -0.25) is 14.4 Å². The van der Waals surface area contributed by atoms with Crippen molar-refractivity contribution >= 4 is 17.7 Å². The van der Waals surface area contributed by atoms with E-state index in [9.17, 15) is 33.4 Å². The van der Waals surface area contributed by atoms with E-state index in [-0.39, 0.29) is 28.7 Å². The molecule has 0 radical (unpaired) electrons.